The van der Waals surface area contributed by atoms with E-state index >= 15 is 0 Å². The van der Waals surface area contributed by atoms with Gasteiger partial charge in [0.15, 0.2) is 5.13 Å². The van der Waals surface area contributed by atoms with Crippen molar-refractivity contribution in [2.75, 3.05) is 18.4 Å². The summed E-state index contributed by atoms with van der Waals surface area (Å²) >= 11 is 1.37. The highest BCUT2D eigenvalue weighted by Gasteiger charge is 2.28. The Hall–Kier alpha value is -3.34. The van der Waals surface area contributed by atoms with E-state index in [1.807, 2.05) is 20.8 Å². The lowest BCUT2D eigenvalue weighted by Crippen LogP contribution is -2.41. The van der Waals surface area contributed by atoms with Gasteiger partial charge >= 0.3 is 6.09 Å². The van der Waals surface area contributed by atoms with Crippen LogP contribution in [0.1, 0.15) is 54.8 Å². The predicted octanol–water partition coefficient (Wildman–Crippen LogP) is 4.23. The van der Waals surface area contributed by atoms with Crippen molar-refractivity contribution in [3.8, 4) is 5.69 Å². The molecule has 2 amide bonds. The van der Waals surface area contributed by atoms with E-state index in [0.29, 0.717) is 23.9 Å². The molecule has 3 aromatic rings. The second-order valence-electron chi connectivity index (χ2n) is 8.77. The van der Waals surface area contributed by atoms with E-state index in [1.165, 1.54) is 40.8 Å². The second kappa shape index (κ2) is 9.26. The van der Waals surface area contributed by atoms with Crippen LogP contribution < -0.4 is 5.32 Å². The van der Waals surface area contributed by atoms with E-state index in [9.17, 15) is 14.0 Å². The standard InChI is InChI=1S/C22H25FN6O3S/c1-22(2,3)32-21(31)28-8-6-14(7-9-28)18-11-25-20(33-18)27-19(30)16-5-4-15(10-17(16)23)29-13-24-12-26-29/h4-5,10-14H,6-9H2,1-3H3,(H,25,27,30). The lowest BCUT2D eigenvalue weighted by molar-refractivity contribution is 0.0205. The Balaban J connectivity index is 1.35. The molecule has 1 fully saturated rings. The fourth-order valence-electron chi connectivity index (χ4n) is 3.54. The Labute approximate surface area is 194 Å². The number of anilines is 1. The normalized spacial score (nSPS) is 14.8. The van der Waals surface area contributed by atoms with Gasteiger partial charge in [-0.1, -0.05) is 0 Å². The van der Waals surface area contributed by atoms with Gasteiger partial charge in [0.05, 0.1) is 11.3 Å². The summed E-state index contributed by atoms with van der Waals surface area (Å²) in [6, 6.07) is 4.23. The fraction of sp³-hybridized carbons (Fsp3) is 0.409. The van der Waals surface area contributed by atoms with Crippen LogP contribution in [-0.4, -0.2) is 55.3 Å². The molecular formula is C22H25FN6O3S. The number of hydrogen-bond donors (Lipinski definition) is 1. The molecule has 0 atom stereocenters. The van der Waals surface area contributed by atoms with Gasteiger partial charge < -0.3 is 9.64 Å². The van der Waals surface area contributed by atoms with Gasteiger partial charge in [-0.2, -0.15) is 5.10 Å². The molecule has 174 valence electrons. The van der Waals surface area contributed by atoms with Gasteiger partial charge in [0, 0.05) is 30.2 Å². The number of thiazole rings is 1. The van der Waals surface area contributed by atoms with Crippen LogP contribution in [0, 0.1) is 5.82 Å². The van der Waals surface area contributed by atoms with Crippen molar-refractivity contribution >= 4 is 28.5 Å². The summed E-state index contributed by atoms with van der Waals surface area (Å²) < 4.78 is 21.4. The SMILES string of the molecule is CC(C)(C)OC(=O)N1CCC(c2cnc(NC(=O)c3ccc(-n4cncn4)cc3F)s2)CC1. The van der Waals surface area contributed by atoms with E-state index in [1.54, 1.807) is 17.2 Å². The molecule has 1 saturated heterocycles. The van der Waals surface area contributed by atoms with Gasteiger partial charge in [-0.25, -0.2) is 23.8 Å². The molecule has 1 aliphatic heterocycles. The molecule has 0 aliphatic carbocycles. The van der Waals surface area contributed by atoms with Crippen LogP contribution in [0.3, 0.4) is 0 Å². The maximum atomic E-state index is 14.5. The molecule has 2 aromatic heterocycles. The summed E-state index contributed by atoms with van der Waals surface area (Å²) in [4.78, 5) is 35.7. The lowest BCUT2D eigenvalue weighted by Gasteiger charge is -2.33. The van der Waals surface area contributed by atoms with Crippen molar-refractivity contribution in [2.24, 2.45) is 0 Å². The Kier molecular flexibility index (Phi) is 6.41. The smallest absolute Gasteiger partial charge is 0.410 e. The summed E-state index contributed by atoms with van der Waals surface area (Å²) in [6.45, 7) is 6.75. The van der Waals surface area contributed by atoms with Gasteiger partial charge in [-0.05, 0) is 51.7 Å². The van der Waals surface area contributed by atoms with E-state index in [-0.39, 0.29) is 17.6 Å². The van der Waals surface area contributed by atoms with Crippen molar-refractivity contribution < 1.29 is 18.7 Å². The number of rotatable bonds is 4. The minimum absolute atomic E-state index is 0.0821. The molecular weight excluding hydrogens is 447 g/mol. The molecule has 4 rings (SSSR count). The summed E-state index contributed by atoms with van der Waals surface area (Å²) in [7, 11) is 0. The van der Waals surface area contributed by atoms with Crippen LogP contribution in [0.4, 0.5) is 14.3 Å². The van der Waals surface area contributed by atoms with Crippen LogP contribution in [-0.2, 0) is 4.74 Å². The third-order valence-corrected chi connectivity index (χ3v) is 6.25. The van der Waals surface area contributed by atoms with Crippen LogP contribution in [0.15, 0.2) is 37.1 Å². The van der Waals surface area contributed by atoms with E-state index in [2.05, 4.69) is 20.4 Å². The highest BCUT2D eigenvalue weighted by Crippen LogP contribution is 2.34. The summed E-state index contributed by atoms with van der Waals surface area (Å²) in [6.07, 6.45) is 5.80. The van der Waals surface area contributed by atoms with Gasteiger partial charge in [0.25, 0.3) is 5.91 Å². The number of benzene rings is 1. The Bertz CT molecular complexity index is 1130. The molecule has 3 heterocycles. The first-order valence-corrected chi connectivity index (χ1v) is 11.4. The summed E-state index contributed by atoms with van der Waals surface area (Å²) in [5.74, 6) is -0.990. The first-order chi connectivity index (χ1) is 15.7. The number of aromatic nitrogens is 4. The molecule has 1 N–H and O–H groups in total. The molecule has 0 saturated carbocycles. The number of ether oxygens (including phenoxy) is 1. The van der Waals surface area contributed by atoms with Crippen molar-refractivity contribution in [1.29, 1.82) is 0 Å². The lowest BCUT2D eigenvalue weighted by atomic mass is 9.96. The predicted molar refractivity (Wildman–Crippen MR) is 121 cm³/mol. The highest BCUT2D eigenvalue weighted by atomic mass is 32.1. The Morgan fingerprint density at radius 3 is 2.64 bits per heavy atom. The maximum absolute atomic E-state index is 14.5. The quantitative estimate of drug-likeness (QED) is 0.610. The zero-order valence-electron chi connectivity index (χ0n) is 18.6. The molecule has 1 aromatic carbocycles. The van der Waals surface area contributed by atoms with E-state index < -0.39 is 17.3 Å². The molecule has 0 unspecified atom stereocenters. The molecule has 0 spiro atoms. The minimum Gasteiger partial charge on any atom is -0.444 e. The fourth-order valence-corrected chi connectivity index (χ4v) is 4.52. The van der Waals surface area contributed by atoms with Crippen molar-refractivity contribution in [3.05, 3.63) is 53.3 Å². The average Bonchev–Trinajstić information content (AvgIpc) is 3.45. The number of carbonyl (C=O) groups excluding carboxylic acids is 2. The molecule has 11 heteroatoms. The molecule has 0 bridgehead atoms. The van der Waals surface area contributed by atoms with E-state index in [0.717, 1.165) is 17.7 Å². The highest BCUT2D eigenvalue weighted by molar-refractivity contribution is 7.15. The zero-order chi connectivity index (χ0) is 23.6. The average molecular weight is 473 g/mol. The van der Waals surface area contributed by atoms with Gasteiger partial charge in [-0.3, -0.25) is 10.1 Å². The molecule has 0 radical (unpaired) electrons. The van der Waals surface area contributed by atoms with Crippen molar-refractivity contribution in [1.82, 2.24) is 24.6 Å². The number of halogens is 1. The Morgan fingerprint density at radius 2 is 2.00 bits per heavy atom. The number of hydrogen-bond acceptors (Lipinski definition) is 7. The first kappa shape index (κ1) is 22.8. The monoisotopic (exact) mass is 472 g/mol. The largest absolute Gasteiger partial charge is 0.444 e. The third-order valence-electron chi connectivity index (χ3n) is 5.17. The molecule has 1 aliphatic rings. The van der Waals surface area contributed by atoms with Gasteiger partial charge in [-0.15, -0.1) is 11.3 Å². The van der Waals surface area contributed by atoms with Crippen LogP contribution in [0.25, 0.3) is 5.69 Å². The summed E-state index contributed by atoms with van der Waals surface area (Å²) in [5, 5.41) is 7.03. The van der Waals surface area contributed by atoms with Crippen molar-refractivity contribution in [2.45, 2.75) is 45.1 Å². The summed E-state index contributed by atoms with van der Waals surface area (Å²) in [5.41, 5.74) is -0.133. The number of carbonyl (C=O) groups is 2. The first-order valence-electron chi connectivity index (χ1n) is 10.6. The number of nitrogens with zero attached hydrogens (tertiary/aromatic N) is 5. The zero-order valence-corrected chi connectivity index (χ0v) is 19.4. The van der Waals surface area contributed by atoms with Gasteiger partial charge in [0.2, 0.25) is 0 Å². The number of amides is 2. The van der Waals surface area contributed by atoms with Crippen LogP contribution in [0.5, 0.6) is 0 Å². The number of likely N-dealkylation sites (tertiary alicyclic amines) is 1. The topological polar surface area (TPSA) is 102 Å². The van der Waals surface area contributed by atoms with Crippen LogP contribution in [0.2, 0.25) is 0 Å². The second-order valence-corrected chi connectivity index (χ2v) is 9.83. The Morgan fingerprint density at radius 1 is 1.24 bits per heavy atom. The van der Waals surface area contributed by atoms with Gasteiger partial charge in [0.1, 0.15) is 24.1 Å². The number of nitrogens with one attached hydrogen (secondary N) is 1. The maximum Gasteiger partial charge on any atom is 0.410 e. The van der Waals surface area contributed by atoms with Crippen LogP contribution >= 0.6 is 11.3 Å². The number of piperidine rings is 1. The molecule has 9 nitrogen and oxygen atoms in total. The van der Waals surface area contributed by atoms with E-state index in [4.69, 9.17) is 4.74 Å². The third kappa shape index (κ3) is 5.54. The van der Waals surface area contributed by atoms with Crippen molar-refractivity contribution in [3.63, 3.8) is 0 Å². The molecule has 33 heavy (non-hydrogen) atoms. The minimum atomic E-state index is -0.660.